The number of aliphatic hydroxyl groups is 5. The minimum absolute atomic E-state index is 0.0477. The number of fused-ring (bicyclic) bond motifs is 2. The lowest BCUT2D eigenvalue weighted by Crippen LogP contribution is -2.43. The molecule has 59 heavy (non-hydrogen) atoms. The molecule has 4 rings (SSSR count). The highest BCUT2D eigenvalue weighted by Crippen LogP contribution is 2.45. The Balaban J connectivity index is 1.30. The maximum Gasteiger partial charge on any atom is 0.311 e. The Kier molecular flexibility index (Phi) is 18.0. The molecule has 0 saturated carbocycles. The molecule has 0 spiro atoms. The average Bonchev–Trinajstić information content (AvgIpc) is 3.15. The van der Waals surface area contributed by atoms with E-state index >= 15 is 0 Å². The summed E-state index contributed by atoms with van der Waals surface area (Å²) in [6.07, 6.45) is 9.44. The molecule has 4 aliphatic carbocycles. The van der Waals surface area contributed by atoms with Crippen molar-refractivity contribution in [2.75, 3.05) is 0 Å². The number of carboxylic acids is 1. The lowest BCUT2D eigenvalue weighted by molar-refractivity contribution is -0.192. The number of carbonyl (C=O) groups excluding carboxylic acids is 3. The van der Waals surface area contributed by atoms with Crippen LogP contribution < -0.4 is 0 Å². The number of aliphatic carboxylic acids is 1. The first-order valence-electron chi connectivity index (χ1n) is 21.9. The van der Waals surface area contributed by atoms with E-state index in [4.69, 9.17) is 14.2 Å². The normalized spacial score (nSPS) is 31.0. The zero-order chi connectivity index (χ0) is 43.6. The molecule has 0 heterocycles. The largest absolute Gasteiger partial charge is 0.481 e. The van der Waals surface area contributed by atoms with Gasteiger partial charge < -0.3 is 44.8 Å². The van der Waals surface area contributed by atoms with E-state index in [0.29, 0.717) is 44.9 Å². The number of hydrogen-bond donors (Lipinski definition) is 6. The van der Waals surface area contributed by atoms with Crippen molar-refractivity contribution in [2.24, 2.45) is 47.3 Å². The molecule has 0 radical (unpaired) electrons. The van der Waals surface area contributed by atoms with Crippen LogP contribution in [0.4, 0.5) is 0 Å². The third kappa shape index (κ3) is 13.8. The van der Waals surface area contributed by atoms with Crippen molar-refractivity contribution in [1.82, 2.24) is 0 Å². The third-order valence-corrected chi connectivity index (χ3v) is 13.2. The summed E-state index contributed by atoms with van der Waals surface area (Å²) in [4.78, 5) is 50.3. The smallest absolute Gasteiger partial charge is 0.311 e. The number of allylic oxidation sites excluding steroid dienone is 4. The van der Waals surface area contributed by atoms with Crippen LogP contribution in [-0.2, 0) is 33.4 Å². The van der Waals surface area contributed by atoms with E-state index < -0.39 is 67.2 Å². The van der Waals surface area contributed by atoms with Crippen LogP contribution in [0.5, 0.6) is 0 Å². The lowest BCUT2D eigenvalue weighted by Gasteiger charge is -2.43. The first kappa shape index (κ1) is 48.3. The molecule has 13 heteroatoms. The molecule has 0 amide bonds. The van der Waals surface area contributed by atoms with E-state index in [0.717, 1.165) is 11.1 Å². The van der Waals surface area contributed by atoms with Gasteiger partial charge in [0.25, 0.3) is 0 Å². The van der Waals surface area contributed by atoms with Crippen molar-refractivity contribution in [3.63, 3.8) is 0 Å². The number of carboxylic acid groups (broad SMARTS) is 1. The van der Waals surface area contributed by atoms with Gasteiger partial charge in [0.05, 0.1) is 43.0 Å². The molecule has 13 nitrogen and oxygen atoms in total. The van der Waals surface area contributed by atoms with E-state index in [9.17, 15) is 49.8 Å². The summed E-state index contributed by atoms with van der Waals surface area (Å²) in [5, 5.41) is 63.3. The van der Waals surface area contributed by atoms with Gasteiger partial charge in [-0.05, 0) is 73.3 Å². The van der Waals surface area contributed by atoms with Crippen molar-refractivity contribution in [3.8, 4) is 0 Å². The SMILES string of the molecule is CC[C@H](C)C(=O)OC1CC(O)C=C2C=CC(C)C(CCCCC(O)(O)CC(=O)O[C@@H](CC(=O)O)C[C@H](O)CC[C@@H]3[C@@H]4C(=C[C@@H](O)C[C@@H]4OC(=O)[C@@H](C)CC)C=C[C@@H]3C)C21. The lowest BCUT2D eigenvalue weighted by atomic mass is 9.66. The molecule has 6 N–H and O–H groups in total. The standard InChI is InChI=1S/C46H70O13/c1-7-26(3)44(53)58-38-22-33(48)19-30-14-12-28(5)36(42(30)38)11-9-10-18-46(55,56)25-41(52)57-35(24-40(50)51)21-32(47)16-17-37-29(6)13-15-31-20-34(49)23-39(43(31)37)59-45(54)27(4)8-2/h12-15,19-20,26-29,32-39,42-43,47-49,55-56H,7-11,16-18,21-25H2,1-6H3,(H,50,51)/t26-,27-,28?,29-,32+,33?,34+,35+,36?,37-,38?,39-,42?,43-/m0/s1. The van der Waals surface area contributed by atoms with Gasteiger partial charge in [-0.15, -0.1) is 0 Å². The summed E-state index contributed by atoms with van der Waals surface area (Å²) in [5.74, 6) is -5.85. The van der Waals surface area contributed by atoms with Crippen molar-refractivity contribution in [1.29, 1.82) is 0 Å². The number of aliphatic hydroxyl groups excluding tert-OH is 3. The molecule has 0 aromatic rings. The van der Waals surface area contributed by atoms with Crippen molar-refractivity contribution in [2.45, 2.75) is 167 Å². The van der Waals surface area contributed by atoms with Crippen LogP contribution in [0.2, 0.25) is 0 Å². The number of unbranched alkanes of at least 4 members (excludes halogenated alkanes) is 1. The topological polar surface area (TPSA) is 217 Å². The fourth-order valence-electron chi connectivity index (χ4n) is 9.35. The maximum absolute atomic E-state index is 13.0. The summed E-state index contributed by atoms with van der Waals surface area (Å²) in [7, 11) is 0. The fourth-order valence-corrected chi connectivity index (χ4v) is 9.35. The van der Waals surface area contributed by atoms with Crippen LogP contribution in [0.1, 0.15) is 125 Å². The predicted octanol–water partition coefficient (Wildman–Crippen LogP) is 5.71. The van der Waals surface area contributed by atoms with Gasteiger partial charge in [0.15, 0.2) is 5.79 Å². The maximum atomic E-state index is 13.0. The second-order valence-electron chi connectivity index (χ2n) is 17.9. The zero-order valence-electron chi connectivity index (χ0n) is 35.8. The van der Waals surface area contributed by atoms with Crippen molar-refractivity contribution < 1.29 is 64.0 Å². The highest BCUT2D eigenvalue weighted by atomic mass is 16.6. The van der Waals surface area contributed by atoms with E-state index in [1.54, 1.807) is 13.0 Å². The van der Waals surface area contributed by atoms with E-state index in [-0.39, 0.29) is 85.0 Å². The molecule has 5 unspecified atom stereocenters. The van der Waals surface area contributed by atoms with Crippen LogP contribution in [0.25, 0.3) is 0 Å². The highest BCUT2D eigenvalue weighted by molar-refractivity contribution is 5.73. The Labute approximate surface area is 349 Å². The van der Waals surface area contributed by atoms with Gasteiger partial charge in [-0.2, -0.15) is 0 Å². The molecular weight excluding hydrogens is 760 g/mol. The minimum atomic E-state index is -2.41. The van der Waals surface area contributed by atoms with Crippen molar-refractivity contribution in [3.05, 3.63) is 47.6 Å². The Morgan fingerprint density at radius 3 is 1.76 bits per heavy atom. The molecule has 0 saturated heterocycles. The minimum Gasteiger partial charge on any atom is -0.481 e. The Morgan fingerprint density at radius 2 is 1.29 bits per heavy atom. The Hall–Kier alpha value is -3.36. The van der Waals surface area contributed by atoms with E-state index in [1.807, 2.05) is 52.0 Å². The summed E-state index contributed by atoms with van der Waals surface area (Å²) in [6.45, 7) is 11.6. The highest BCUT2D eigenvalue weighted by Gasteiger charge is 2.44. The van der Waals surface area contributed by atoms with Gasteiger partial charge in [0.1, 0.15) is 18.3 Å². The summed E-state index contributed by atoms with van der Waals surface area (Å²) >= 11 is 0. The van der Waals surface area contributed by atoms with E-state index in [2.05, 4.69) is 13.0 Å². The predicted molar refractivity (Wildman–Crippen MR) is 219 cm³/mol. The summed E-state index contributed by atoms with van der Waals surface area (Å²) < 4.78 is 17.3. The number of hydrogen-bond acceptors (Lipinski definition) is 12. The van der Waals surface area contributed by atoms with Crippen molar-refractivity contribution >= 4 is 23.9 Å². The van der Waals surface area contributed by atoms with Crippen LogP contribution in [-0.4, -0.2) is 96.9 Å². The number of esters is 3. The van der Waals surface area contributed by atoms with Gasteiger partial charge in [-0.1, -0.05) is 84.4 Å². The molecule has 0 aromatic heterocycles. The van der Waals surface area contributed by atoms with Gasteiger partial charge >= 0.3 is 23.9 Å². The molecule has 0 bridgehead atoms. The number of rotatable bonds is 21. The molecule has 4 aliphatic rings. The van der Waals surface area contributed by atoms with Gasteiger partial charge in [-0.3, -0.25) is 19.2 Å². The van der Waals surface area contributed by atoms with Crippen LogP contribution in [0, 0.1) is 47.3 Å². The van der Waals surface area contributed by atoms with Crippen LogP contribution in [0.15, 0.2) is 47.6 Å². The molecule has 0 aromatic carbocycles. The molecule has 332 valence electrons. The van der Waals surface area contributed by atoms with Gasteiger partial charge in [0.2, 0.25) is 0 Å². The Bertz CT molecular complexity index is 1560. The Morgan fingerprint density at radius 1 is 0.797 bits per heavy atom. The number of carbonyl (C=O) groups is 4. The van der Waals surface area contributed by atoms with Crippen LogP contribution in [0.3, 0.4) is 0 Å². The monoisotopic (exact) mass is 830 g/mol. The molecule has 0 fully saturated rings. The summed E-state index contributed by atoms with van der Waals surface area (Å²) in [6, 6.07) is 0. The second kappa shape index (κ2) is 21.9. The van der Waals surface area contributed by atoms with E-state index in [1.165, 1.54) is 0 Å². The first-order valence-corrected chi connectivity index (χ1v) is 21.9. The summed E-state index contributed by atoms with van der Waals surface area (Å²) in [5.41, 5.74) is 1.81. The van der Waals surface area contributed by atoms with Gasteiger partial charge in [0, 0.05) is 37.5 Å². The van der Waals surface area contributed by atoms with Crippen LogP contribution >= 0.6 is 0 Å². The second-order valence-corrected chi connectivity index (χ2v) is 17.9. The quantitative estimate of drug-likeness (QED) is 0.0354. The molecular formula is C46H70O13. The number of ether oxygens (including phenoxy) is 3. The van der Waals surface area contributed by atoms with Gasteiger partial charge in [-0.25, -0.2) is 0 Å². The average molecular weight is 831 g/mol. The first-order chi connectivity index (χ1) is 27.8. The zero-order valence-corrected chi connectivity index (χ0v) is 35.8. The molecule has 0 aliphatic heterocycles. The fraction of sp³-hybridized carbons (Fsp3) is 0.739. The molecule has 14 atom stereocenters. The third-order valence-electron chi connectivity index (χ3n) is 13.2.